The minimum absolute atomic E-state index is 0.300. The van der Waals surface area contributed by atoms with Gasteiger partial charge in [0.15, 0.2) is 0 Å². The summed E-state index contributed by atoms with van der Waals surface area (Å²) in [6.45, 7) is 8.72. The van der Waals surface area contributed by atoms with Gasteiger partial charge in [0.2, 0.25) is 0 Å². The van der Waals surface area contributed by atoms with E-state index >= 15 is 0 Å². The molecule has 0 saturated heterocycles. The van der Waals surface area contributed by atoms with Gasteiger partial charge in [-0.2, -0.15) is 0 Å². The van der Waals surface area contributed by atoms with E-state index in [4.69, 9.17) is 0 Å². The van der Waals surface area contributed by atoms with Crippen LogP contribution in [0.1, 0.15) is 34.1 Å². The maximum Gasteiger partial charge on any atom is 0.0541 e. The molecule has 36 heavy (non-hydrogen) atoms. The first kappa shape index (κ1) is 23.7. The van der Waals surface area contributed by atoms with Crippen molar-refractivity contribution in [2.24, 2.45) is 0 Å². The molecule has 0 fully saturated rings. The van der Waals surface area contributed by atoms with Gasteiger partial charge in [0.25, 0.3) is 0 Å². The number of fused-ring (bicyclic) bond motifs is 3. The van der Waals surface area contributed by atoms with Crippen molar-refractivity contribution in [1.82, 2.24) is 4.57 Å². The Morgan fingerprint density at radius 3 is 1.83 bits per heavy atom. The maximum atomic E-state index is 2.40. The number of benzene rings is 4. The molecule has 4 aromatic carbocycles. The second kappa shape index (κ2) is 10.3. The fraction of sp³-hybridized carbons (Fsp3) is 0.176. The van der Waals surface area contributed by atoms with Crippen molar-refractivity contribution in [3.63, 3.8) is 0 Å². The van der Waals surface area contributed by atoms with Crippen LogP contribution in [-0.4, -0.2) is 10.6 Å². The zero-order valence-electron chi connectivity index (χ0n) is 21.6. The standard InChI is InChI=1S/C34H34N2/c1-5-11-25(3)35(26(4)12-6-2)29-21-17-27(18-22-29)28-19-23-30(24-20-28)36-33-15-9-7-13-31(33)32-14-8-10-16-34(32)36/h5,7-25H,6H2,1-4H3. The number of hydrogen-bond donors (Lipinski definition) is 0. The second-order valence-corrected chi connectivity index (χ2v) is 9.35. The highest BCUT2D eigenvalue weighted by atomic mass is 15.2. The molecule has 0 amide bonds. The summed E-state index contributed by atoms with van der Waals surface area (Å²) in [5.41, 5.74) is 8.60. The van der Waals surface area contributed by atoms with Crippen LogP contribution in [0.4, 0.5) is 5.69 Å². The monoisotopic (exact) mass is 470 g/mol. The van der Waals surface area contributed by atoms with Gasteiger partial charge < -0.3 is 9.47 Å². The average molecular weight is 471 g/mol. The first-order valence-corrected chi connectivity index (χ1v) is 12.9. The molecule has 1 unspecified atom stereocenters. The third-order valence-corrected chi connectivity index (χ3v) is 6.94. The quantitative estimate of drug-likeness (QED) is 0.215. The summed E-state index contributed by atoms with van der Waals surface area (Å²) in [4.78, 5) is 2.40. The molecule has 0 radical (unpaired) electrons. The minimum Gasteiger partial charge on any atom is -0.339 e. The summed E-state index contributed by atoms with van der Waals surface area (Å²) in [5, 5.41) is 2.58. The van der Waals surface area contributed by atoms with Crippen molar-refractivity contribution >= 4 is 27.5 Å². The first-order chi connectivity index (χ1) is 17.6. The smallest absolute Gasteiger partial charge is 0.0541 e. The third kappa shape index (κ3) is 4.35. The summed E-state index contributed by atoms with van der Waals surface area (Å²) >= 11 is 0. The number of anilines is 1. The number of nitrogens with zero attached hydrogens (tertiary/aromatic N) is 2. The van der Waals surface area contributed by atoms with Crippen LogP contribution in [0.25, 0.3) is 38.6 Å². The molecule has 0 spiro atoms. The number of hydrogen-bond acceptors (Lipinski definition) is 1. The molecule has 0 bridgehead atoms. The van der Waals surface area contributed by atoms with Crippen LogP contribution < -0.4 is 4.90 Å². The van der Waals surface area contributed by atoms with Gasteiger partial charge in [-0.15, -0.1) is 0 Å². The molecule has 2 nitrogen and oxygen atoms in total. The van der Waals surface area contributed by atoms with Gasteiger partial charge in [-0.25, -0.2) is 0 Å². The predicted molar refractivity (Wildman–Crippen MR) is 157 cm³/mol. The predicted octanol–water partition coefficient (Wildman–Crippen LogP) is 9.54. The molecule has 2 heteroatoms. The Hall–Kier alpha value is -4.04. The van der Waals surface area contributed by atoms with E-state index in [9.17, 15) is 0 Å². The molecule has 1 atom stereocenters. The van der Waals surface area contributed by atoms with Crippen LogP contribution in [0, 0.1) is 0 Å². The molecule has 5 rings (SSSR count). The van der Waals surface area contributed by atoms with E-state index in [-0.39, 0.29) is 0 Å². The Labute approximate surface area is 214 Å². The average Bonchev–Trinajstić information content (AvgIpc) is 3.24. The van der Waals surface area contributed by atoms with Gasteiger partial charge in [-0.3, -0.25) is 0 Å². The molecule has 5 aromatic rings. The molecular weight excluding hydrogens is 436 g/mol. The highest BCUT2D eigenvalue weighted by Crippen LogP contribution is 2.33. The number of allylic oxidation sites excluding steroid dienone is 3. The SMILES string of the molecule is CC=CC(C)N(C(C)=CCC)c1ccc(-c2ccc(-n3c4ccccc4c4ccccc43)cc2)cc1. The fourth-order valence-corrected chi connectivity index (χ4v) is 5.34. The highest BCUT2D eigenvalue weighted by molar-refractivity contribution is 6.09. The molecule has 0 saturated carbocycles. The van der Waals surface area contributed by atoms with Crippen molar-refractivity contribution < 1.29 is 0 Å². The molecule has 0 aliphatic rings. The van der Waals surface area contributed by atoms with Gasteiger partial charge in [-0.1, -0.05) is 85.8 Å². The Kier molecular flexibility index (Phi) is 6.77. The van der Waals surface area contributed by atoms with E-state index < -0.39 is 0 Å². The molecule has 1 aromatic heterocycles. The van der Waals surface area contributed by atoms with Crippen molar-refractivity contribution in [2.75, 3.05) is 4.90 Å². The lowest BCUT2D eigenvalue weighted by Gasteiger charge is -2.30. The Morgan fingerprint density at radius 1 is 0.778 bits per heavy atom. The number of aromatic nitrogens is 1. The van der Waals surface area contributed by atoms with Gasteiger partial charge >= 0.3 is 0 Å². The van der Waals surface area contributed by atoms with Crippen LogP contribution in [0.15, 0.2) is 121 Å². The van der Waals surface area contributed by atoms with E-state index in [1.54, 1.807) is 0 Å². The summed E-state index contributed by atoms with van der Waals surface area (Å²) in [6, 6.07) is 35.5. The van der Waals surface area contributed by atoms with Crippen LogP contribution in [-0.2, 0) is 0 Å². The van der Waals surface area contributed by atoms with E-state index in [0.717, 1.165) is 6.42 Å². The normalized spacial score (nSPS) is 13.1. The lowest BCUT2D eigenvalue weighted by Crippen LogP contribution is -2.29. The lowest BCUT2D eigenvalue weighted by molar-refractivity contribution is 0.813. The molecule has 0 aliphatic heterocycles. The van der Waals surface area contributed by atoms with Crippen molar-refractivity contribution in [1.29, 1.82) is 0 Å². The lowest BCUT2D eigenvalue weighted by atomic mass is 10.0. The van der Waals surface area contributed by atoms with E-state index in [1.165, 1.54) is 50.0 Å². The van der Waals surface area contributed by atoms with E-state index in [2.05, 4.69) is 152 Å². The van der Waals surface area contributed by atoms with Crippen LogP contribution >= 0.6 is 0 Å². The summed E-state index contributed by atoms with van der Waals surface area (Å²) in [7, 11) is 0. The zero-order chi connectivity index (χ0) is 25.1. The Morgan fingerprint density at radius 2 is 1.31 bits per heavy atom. The highest BCUT2D eigenvalue weighted by Gasteiger charge is 2.15. The van der Waals surface area contributed by atoms with Crippen molar-refractivity contribution in [3.05, 3.63) is 121 Å². The summed E-state index contributed by atoms with van der Waals surface area (Å²) < 4.78 is 2.36. The number of para-hydroxylation sites is 2. The topological polar surface area (TPSA) is 8.17 Å². The van der Waals surface area contributed by atoms with E-state index in [1.807, 2.05) is 0 Å². The van der Waals surface area contributed by atoms with Gasteiger partial charge in [0, 0.05) is 33.9 Å². The first-order valence-electron chi connectivity index (χ1n) is 12.9. The van der Waals surface area contributed by atoms with Crippen molar-refractivity contribution in [3.8, 4) is 16.8 Å². The largest absolute Gasteiger partial charge is 0.339 e. The van der Waals surface area contributed by atoms with Gasteiger partial charge in [0.05, 0.1) is 11.0 Å². The molecule has 180 valence electrons. The fourth-order valence-electron chi connectivity index (χ4n) is 5.34. The summed E-state index contributed by atoms with van der Waals surface area (Å²) in [5.74, 6) is 0. The van der Waals surface area contributed by atoms with E-state index in [0.29, 0.717) is 6.04 Å². The maximum absolute atomic E-state index is 2.40. The number of rotatable bonds is 7. The van der Waals surface area contributed by atoms with Crippen LogP contribution in [0.2, 0.25) is 0 Å². The Bertz CT molecular complexity index is 1480. The van der Waals surface area contributed by atoms with Crippen LogP contribution in [0.5, 0.6) is 0 Å². The zero-order valence-corrected chi connectivity index (χ0v) is 21.6. The van der Waals surface area contributed by atoms with Crippen LogP contribution in [0.3, 0.4) is 0 Å². The molecule has 1 heterocycles. The minimum atomic E-state index is 0.300. The Balaban J connectivity index is 1.48. The van der Waals surface area contributed by atoms with Gasteiger partial charge in [-0.05, 0) is 74.7 Å². The van der Waals surface area contributed by atoms with Gasteiger partial charge in [0.1, 0.15) is 0 Å². The third-order valence-electron chi connectivity index (χ3n) is 6.94. The summed E-state index contributed by atoms with van der Waals surface area (Å²) in [6.07, 6.45) is 7.70. The molecular formula is C34H34N2. The molecule has 0 N–H and O–H groups in total. The second-order valence-electron chi connectivity index (χ2n) is 9.35. The van der Waals surface area contributed by atoms with Crippen molar-refractivity contribution in [2.45, 2.75) is 40.2 Å². The molecule has 0 aliphatic carbocycles.